The van der Waals surface area contributed by atoms with Crippen molar-refractivity contribution >= 4 is 16.8 Å². The summed E-state index contributed by atoms with van der Waals surface area (Å²) in [5.74, 6) is 2.61. The lowest BCUT2D eigenvalue weighted by Gasteiger charge is -2.31. The monoisotopic (exact) mass is 488 g/mol. The van der Waals surface area contributed by atoms with E-state index in [2.05, 4.69) is 42.6 Å². The summed E-state index contributed by atoms with van der Waals surface area (Å²) >= 11 is 0. The number of rotatable bonds is 6. The standard InChI is InChI=1S/C27H32N6O3/c1-15-12-23(36-5)21(26(34)29-15)14-28-27(35)25-17(3)33(22-9-7-6-8-20(22)25)16(2)19-10-11-32-18(4)30-31-24(32)13-19/h6-9,12,16,19H,10-11,13-14H2,1-5H3,(H,28,35)(H,29,34). The van der Waals surface area contributed by atoms with E-state index in [-0.39, 0.29) is 24.1 Å². The topological polar surface area (TPSA) is 107 Å². The number of aromatic nitrogens is 5. The van der Waals surface area contributed by atoms with Crippen molar-refractivity contribution in [2.75, 3.05) is 7.11 Å². The zero-order valence-electron chi connectivity index (χ0n) is 21.4. The van der Waals surface area contributed by atoms with Gasteiger partial charge >= 0.3 is 0 Å². The number of methoxy groups -OCH3 is 1. The van der Waals surface area contributed by atoms with E-state index in [9.17, 15) is 9.59 Å². The number of carbonyl (C=O) groups is 1. The second kappa shape index (κ2) is 9.29. The molecule has 0 radical (unpaired) electrons. The molecule has 1 amide bonds. The van der Waals surface area contributed by atoms with E-state index in [4.69, 9.17) is 4.74 Å². The molecular weight excluding hydrogens is 456 g/mol. The highest BCUT2D eigenvalue weighted by atomic mass is 16.5. The van der Waals surface area contributed by atoms with Crippen LogP contribution >= 0.6 is 0 Å². The smallest absolute Gasteiger partial charge is 0.256 e. The molecule has 2 N–H and O–H groups in total. The lowest BCUT2D eigenvalue weighted by atomic mass is 9.90. The molecule has 2 unspecified atom stereocenters. The zero-order chi connectivity index (χ0) is 25.6. The predicted octanol–water partition coefficient (Wildman–Crippen LogP) is 3.61. The summed E-state index contributed by atoms with van der Waals surface area (Å²) < 4.78 is 9.86. The van der Waals surface area contributed by atoms with Gasteiger partial charge in [-0.2, -0.15) is 0 Å². The van der Waals surface area contributed by atoms with Crippen LogP contribution in [0.5, 0.6) is 5.75 Å². The summed E-state index contributed by atoms with van der Waals surface area (Å²) in [6.07, 6.45) is 1.88. The number of aryl methyl sites for hydroxylation is 2. The minimum Gasteiger partial charge on any atom is -0.496 e. The summed E-state index contributed by atoms with van der Waals surface area (Å²) in [7, 11) is 1.52. The predicted molar refractivity (Wildman–Crippen MR) is 137 cm³/mol. The van der Waals surface area contributed by atoms with Gasteiger partial charge in [0.05, 0.1) is 24.8 Å². The van der Waals surface area contributed by atoms with Gasteiger partial charge in [0, 0.05) is 41.3 Å². The Morgan fingerprint density at radius 3 is 2.81 bits per heavy atom. The van der Waals surface area contributed by atoms with E-state index in [1.54, 1.807) is 13.0 Å². The molecule has 1 aromatic carbocycles. The first-order chi connectivity index (χ1) is 17.3. The third-order valence-electron chi connectivity index (χ3n) is 7.53. The number of ether oxygens (including phenoxy) is 1. The van der Waals surface area contributed by atoms with Gasteiger partial charge in [-0.25, -0.2) is 0 Å². The number of amides is 1. The number of para-hydroxylation sites is 1. The molecule has 9 nitrogen and oxygen atoms in total. The number of aromatic amines is 1. The second-order valence-corrected chi connectivity index (χ2v) is 9.67. The van der Waals surface area contributed by atoms with Crippen molar-refractivity contribution in [1.29, 1.82) is 0 Å². The SMILES string of the molecule is COc1cc(C)[nH]c(=O)c1CNC(=O)c1c(C)n(C(C)C2CCn3c(C)nnc3C2)c2ccccc12. The lowest BCUT2D eigenvalue weighted by Crippen LogP contribution is -2.29. The minimum atomic E-state index is -0.264. The fourth-order valence-corrected chi connectivity index (χ4v) is 5.62. The zero-order valence-corrected chi connectivity index (χ0v) is 21.4. The number of benzene rings is 1. The van der Waals surface area contributed by atoms with Crippen molar-refractivity contribution < 1.29 is 9.53 Å². The van der Waals surface area contributed by atoms with Gasteiger partial charge in [0.1, 0.15) is 17.4 Å². The maximum Gasteiger partial charge on any atom is 0.256 e. The van der Waals surface area contributed by atoms with Crippen LogP contribution in [-0.2, 0) is 19.5 Å². The average molecular weight is 489 g/mol. The Balaban J connectivity index is 1.46. The summed E-state index contributed by atoms with van der Waals surface area (Å²) in [4.78, 5) is 28.8. The van der Waals surface area contributed by atoms with Gasteiger partial charge < -0.3 is 24.2 Å². The number of fused-ring (bicyclic) bond motifs is 2. The van der Waals surface area contributed by atoms with Crippen LogP contribution in [0.25, 0.3) is 10.9 Å². The average Bonchev–Trinajstić information content (AvgIpc) is 3.38. The highest BCUT2D eigenvalue weighted by molar-refractivity contribution is 6.08. The Bertz CT molecular complexity index is 1510. The fourth-order valence-electron chi connectivity index (χ4n) is 5.62. The number of hydrogen-bond acceptors (Lipinski definition) is 5. The fraction of sp³-hybridized carbons (Fsp3) is 0.407. The molecule has 1 aliphatic heterocycles. The maximum atomic E-state index is 13.5. The van der Waals surface area contributed by atoms with Crippen molar-refractivity contribution in [2.24, 2.45) is 5.92 Å². The molecule has 0 saturated carbocycles. The second-order valence-electron chi connectivity index (χ2n) is 9.67. The van der Waals surface area contributed by atoms with Crippen molar-refractivity contribution in [3.05, 3.63) is 74.8 Å². The van der Waals surface area contributed by atoms with Crippen LogP contribution in [0.1, 0.15) is 58.3 Å². The normalized spacial score (nSPS) is 16.1. The van der Waals surface area contributed by atoms with Crippen molar-refractivity contribution in [3.8, 4) is 5.75 Å². The van der Waals surface area contributed by atoms with Gasteiger partial charge in [0.15, 0.2) is 0 Å². The van der Waals surface area contributed by atoms with Crippen molar-refractivity contribution in [2.45, 2.75) is 59.7 Å². The third kappa shape index (κ3) is 3.98. The molecule has 0 aliphatic carbocycles. The summed E-state index contributed by atoms with van der Waals surface area (Å²) in [5.41, 5.74) is 3.41. The van der Waals surface area contributed by atoms with Gasteiger partial charge in [0.2, 0.25) is 0 Å². The van der Waals surface area contributed by atoms with Crippen LogP contribution in [0, 0.1) is 26.7 Å². The largest absolute Gasteiger partial charge is 0.496 e. The number of nitrogens with zero attached hydrogens (tertiary/aromatic N) is 4. The number of nitrogens with one attached hydrogen (secondary N) is 2. The first-order valence-electron chi connectivity index (χ1n) is 12.3. The van der Waals surface area contributed by atoms with Crippen LogP contribution < -0.4 is 15.6 Å². The maximum absolute atomic E-state index is 13.5. The summed E-state index contributed by atoms with van der Waals surface area (Å²) in [5, 5.41) is 12.5. The molecular formula is C27H32N6O3. The molecule has 188 valence electrons. The van der Waals surface area contributed by atoms with Crippen LogP contribution in [0.3, 0.4) is 0 Å². The van der Waals surface area contributed by atoms with Crippen LogP contribution in [0.15, 0.2) is 35.1 Å². The molecule has 0 saturated heterocycles. The highest BCUT2D eigenvalue weighted by Crippen LogP contribution is 2.36. The molecule has 3 aromatic heterocycles. The number of H-pyrrole nitrogens is 1. The Morgan fingerprint density at radius 1 is 1.25 bits per heavy atom. The molecule has 5 rings (SSSR count). The Hall–Kier alpha value is -3.88. The van der Waals surface area contributed by atoms with E-state index in [1.807, 2.05) is 32.0 Å². The number of carbonyl (C=O) groups excluding carboxylic acids is 1. The van der Waals surface area contributed by atoms with E-state index in [0.29, 0.717) is 28.5 Å². The van der Waals surface area contributed by atoms with Crippen LogP contribution in [0.2, 0.25) is 0 Å². The lowest BCUT2D eigenvalue weighted by molar-refractivity contribution is 0.0951. The summed E-state index contributed by atoms with van der Waals surface area (Å²) in [6.45, 7) is 8.99. The molecule has 0 spiro atoms. The first-order valence-corrected chi connectivity index (χ1v) is 12.3. The van der Waals surface area contributed by atoms with E-state index in [0.717, 1.165) is 47.6 Å². The van der Waals surface area contributed by atoms with Gasteiger partial charge in [-0.3, -0.25) is 9.59 Å². The van der Waals surface area contributed by atoms with Crippen molar-refractivity contribution in [3.63, 3.8) is 0 Å². The molecule has 2 atom stereocenters. The Kier molecular flexibility index (Phi) is 6.15. The van der Waals surface area contributed by atoms with E-state index < -0.39 is 0 Å². The third-order valence-corrected chi connectivity index (χ3v) is 7.53. The number of pyridine rings is 1. The molecule has 9 heteroatoms. The Labute approximate surface area is 209 Å². The molecule has 0 fully saturated rings. The van der Waals surface area contributed by atoms with Crippen LogP contribution in [-0.4, -0.2) is 37.3 Å². The van der Waals surface area contributed by atoms with Crippen molar-refractivity contribution in [1.82, 2.24) is 29.6 Å². The van der Waals surface area contributed by atoms with Gasteiger partial charge in [-0.1, -0.05) is 18.2 Å². The molecule has 36 heavy (non-hydrogen) atoms. The quantitative estimate of drug-likeness (QED) is 0.431. The van der Waals surface area contributed by atoms with E-state index in [1.165, 1.54) is 7.11 Å². The van der Waals surface area contributed by atoms with Gasteiger partial charge in [0.25, 0.3) is 11.5 Å². The van der Waals surface area contributed by atoms with Gasteiger partial charge in [-0.15, -0.1) is 10.2 Å². The van der Waals surface area contributed by atoms with Crippen LogP contribution in [0.4, 0.5) is 0 Å². The molecule has 4 heterocycles. The molecule has 0 bridgehead atoms. The molecule has 1 aliphatic rings. The minimum absolute atomic E-state index is 0.0732. The number of hydrogen-bond donors (Lipinski definition) is 2. The van der Waals surface area contributed by atoms with E-state index >= 15 is 0 Å². The first kappa shape index (κ1) is 23.8. The van der Waals surface area contributed by atoms with Gasteiger partial charge in [-0.05, 0) is 52.2 Å². The molecule has 4 aromatic rings. The Morgan fingerprint density at radius 2 is 2.03 bits per heavy atom. The highest BCUT2D eigenvalue weighted by Gasteiger charge is 2.30. The summed E-state index contributed by atoms with van der Waals surface area (Å²) in [6, 6.07) is 9.94.